The second-order valence-electron chi connectivity index (χ2n) is 2.69. The average molecular weight is 301 g/mol. The van der Waals surface area contributed by atoms with E-state index < -0.39 is 12.1 Å². The first-order valence-corrected chi connectivity index (χ1v) is 4.88. The van der Waals surface area contributed by atoms with Gasteiger partial charge < -0.3 is 14.2 Å². The summed E-state index contributed by atoms with van der Waals surface area (Å²) in [6.07, 6.45) is -4.75. The summed E-state index contributed by atoms with van der Waals surface area (Å²) >= 11 is 3.11. The van der Waals surface area contributed by atoms with E-state index in [1.807, 2.05) is 0 Å². The van der Waals surface area contributed by atoms with Gasteiger partial charge in [0, 0.05) is 11.6 Å². The number of rotatable bonds is 4. The Morgan fingerprint density at radius 3 is 2.50 bits per heavy atom. The van der Waals surface area contributed by atoms with Crippen LogP contribution in [0.2, 0.25) is 0 Å². The van der Waals surface area contributed by atoms with Crippen molar-refractivity contribution in [3.05, 3.63) is 22.7 Å². The van der Waals surface area contributed by atoms with Crippen LogP contribution in [0, 0.1) is 0 Å². The summed E-state index contributed by atoms with van der Waals surface area (Å²) in [5.41, 5.74) is 0. The Balaban J connectivity index is 2.89. The molecule has 0 N–H and O–H groups in total. The Bertz CT molecular complexity index is 354. The first kappa shape index (κ1) is 13.1. The molecule has 1 aromatic carbocycles. The molecule has 0 bridgehead atoms. The third-order valence-corrected chi connectivity index (χ3v) is 1.96. The molecule has 90 valence electrons. The molecule has 3 nitrogen and oxygen atoms in total. The molecule has 1 aromatic rings. The third kappa shape index (κ3) is 4.28. The molecule has 0 fully saturated rings. The van der Waals surface area contributed by atoms with Crippen LogP contribution in [0.25, 0.3) is 0 Å². The first-order valence-electron chi connectivity index (χ1n) is 4.09. The van der Waals surface area contributed by atoms with Gasteiger partial charge in [0.2, 0.25) is 0 Å². The van der Waals surface area contributed by atoms with Crippen molar-refractivity contribution in [2.75, 3.05) is 13.9 Å². The fourth-order valence-electron chi connectivity index (χ4n) is 0.926. The van der Waals surface area contributed by atoms with Crippen LogP contribution in [0.3, 0.4) is 0 Å². The lowest BCUT2D eigenvalue weighted by molar-refractivity contribution is -0.275. The number of halogens is 4. The summed E-state index contributed by atoms with van der Waals surface area (Å²) in [6.45, 7) is -0.162. The lowest BCUT2D eigenvalue weighted by atomic mass is 10.3. The summed E-state index contributed by atoms with van der Waals surface area (Å²) in [6, 6.07) is 3.93. The van der Waals surface area contributed by atoms with Crippen molar-refractivity contribution in [3.8, 4) is 11.5 Å². The normalized spacial score (nSPS) is 11.3. The summed E-state index contributed by atoms with van der Waals surface area (Å²) in [5.74, 6) is -0.457. The molecule has 0 aliphatic rings. The highest BCUT2D eigenvalue weighted by molar-refractivity contribution is 9.10. The molecular formula is C9H8BrF3O3. The van der Waals surface area contributed by atoms with E-state index in [1.165, 1.54) is 19.2 Å². The molecule has 16 heavy (non-hydrogen) atoms. The van der Waals surface area contributed by atoms with Crippen LogP contribution in [0.15, 0.2) is 22.7 Å². The maximum absolute atomic E-state index is 12.0. The fourth-order valence-corrected chi connectivity index (χ4v) is 1.27. The Kier molecular flexibility index (Phi) is 4.43. The molecule has 0 saturated carbocycles. The second kappa shape index (κ2) is 5.40. The quantitative estimate of drug-likeness (QED) is 0.798. The smallest absolute Gasteiger partial charge is 0.464 e. The van der Waals surface area contributed by atoms with Crippen molar-refractivity contribution < 1.29 is 27.4 Å². The predicted octanol–water partition coefficient (Wildman–Crippen LogP) is 3.33. The van der Waals surface area contributed by atoms with Crippen molar-refractivity contribution in [2.24, 2.45) is 0 Å². The molecule has 0 heterocycles. The highest BCUT2D eigenvalue weighted by Gasteiger charge is 2.32. The average Bonchev–Trinajstić information content (AvgIpc) is 2.16. The number of hydrogen-bond donors (Lipinski definition) is 0. The van der Waals surface area contributed by atoms with Gasteiger partial charge in [-0.1, -0.05) is 15.9 Å². The predicted molar refractivity (Wildman–Crippen MR) is 53.3 cm³/mol. The van der Waals surface area contributed by atoms with E-state index in [1.54, 1.807) is 0 Å². The number of alkyl halides is 3. The number of methoxy groups -OCH3 is 1. The minimum Gasteiger partial charge on any atom is -0.464 e. The number of ether oxygens (including phenoxy) is 3. The van der Waals surface area contributed by atoms with E-state index in [0.29, 0.717) is 4.47 Å². The minimum absolute atomic E-state index is 0.0476. The Hall–Kier alpha value is -0.950. The molecule has 0 aliphatic heterocycles. The van der Waals surface area contributed by atoms with E-state index in [2.05, 4.69) is 25.4 Å². The van der Waals surface area contributed by atoms with E-state index in [0.717, 1.165) is 6.07 Å². The maximum Gasteiger partial charge on any atom is 0.573 e. The number of hydrogen-bond acceptors (Lipinski definition) is 3. The summed E-state index contributed by atoms with van der Waals surface area (Å²) in [5, 5.41) is 0. The molecule has 0 saturated heterocycles. The standard InChI is InChI=1S/C9H8BrF3O3/c1-14-5-15-8-4-6(10)2-3-7(8)16-9(11,12)13/h2-4H,5H2,1H3. The molecule has 0 spiro atoms. The molecule has 0 aliphatic carbocycles. The van der Waals surface area contributed by atoms with E-state index >= 15 is 0 Å². The Morgan fingerprint density at radius 1 is 1.25 bits per heavy atom. The molecular weight excluding hydrogens is 293 g/mol. The fraction of sp³-hybridized carbons (Fsp3) is 0.333. The zero-order chi connectivity index (χ0) is 12.2. The van der Waals surface area contributed by atoms with E-state index in [-0.39, 0.29) is 12.5 Å². The lowest BCUT2D eigenvalue weighted by Gasteiger charge is -2.13. The molecule has 0 amide bonds. The van der Waals surface area contributed by atoms with Crippen molar-refractivity contribution in [1.82, 2.24) is 0 Å². The molecule has 7 heteroatoms. The van der Waals surface area contributed by atoms with Gasteiger partial charge in [0.15, 0.2) is 18.3 Å². The zero-order valence-electron chi connectivity index (χ0n) is 8.18. The largest absolute Gasteiger partial charge is 0.573 e. The SMILES string of the molecule is COCOc1cc(Br)ccc1OC(F)(F)F. The van der Waals surface area contributed by atoms with Crippen LogP contribution in [0.5, 0.6) is 11.5 Å². The van der Waals surface area contributed by atoms with Crippen molar-refractivity contribution in [1.29, 1.82) is 0 Å². The van der Waals surface area contributed by atoms with Crippen LogP contribution in [0.4, 0.5) is 13.2 Å². The van der Waals surface area contributed by atoms with Crippen LogP contribution in [0.1, 0.15) is 0 Å². The van der Waals surface area contributed by atoms with Gasteiger partial charge >= 0.3 is 6.36 Å². The molecule has 0 aromatic heterocycles. The van der Waals surface area contributed by atoms with Gasteiger partial charge in [0.05, 0.1) is 0 Å². The van der Waals surface area contributed by atoms with Crippen LogP contribution in [-0.4, -0.2) is 20.3 Å². The molecule has 0 atom stereocenters. The van der Waals surface area contributed by atoms with Crippen molar-refractivity contribution in [2.45, 2.75) is 6.36 Å². The highest BCUT2D eigenvalue weighted by Crippen LogP contribution is 2.34. The first-order chi connectivity index (χ1) is 7.42. The van der Waals surface area contributed by atoms with Gasteiger partial charge in [-0.25, -0.2) is 0 Å². The summed E-state index contributed by atoms with van der Waals surface area (Å²) in [7, 11) is 1.36. The topological polar surface area (TPSA) is 27.7 Å². The summed E-state index contributed by atoms with van der Waals surface area (Å²) in [4.78, 5) is 0. The van der Waals surface area contributed by atoms with Gasteiger partial charge in [0.25, 0.3) is 0 Å². The Labute approximate surface area is 98.2 Å². The van der Waals surface area contributed by atoms with E-state index in [4.69, 9.17) is 4.74 Å². The van der Waals surface area contributed by atoms with Gasteiger partial charge in [-0.05, 0) is 18.2 Å². The minimum atomic E-state index is -4.75. The maximum atomic E-state index is 12.0. The second-order valence-corrected chi connectivity index (χ2v) is 3.61. The summed E-state index contributed by atoms with van der Waals surface area (Å²) < 4.78 is 50.0. The highest BCUT2D eigenvalue weighted by atomic mass is 79.9. The van der Waals surface area contributed by atoms with Crippen molar-refractivity contribution in [3.63, 3.8) is 0 Å². The zero-order valence-corrected chi connectivity index (χ0v) is 9.76. The van der Waals surface area contributed by atoms with Crippen molar-refractivity contribution >= 4 is 15.9 Å². The van der Waals surface area contributed by atoms with E-state index in [9.17, 15) is 13.2 Å². The van der Waals surface area contributed by atoms with Crippen LogP contribution < -0.4 is 9.47 Å². The van der Waals surface area contributed by atoms with Gasteiger partial charge in [-0.15, -0.1) is 13.2 Å². The molecule has 0 radical (unpaired) electrons. The lowest BCUT2D eigenvalue weighted by Crippen LogP contribution is -2.18. The Morgan fingerprint density at radius 2 is 1.94 bits per heavy atom. The molecule has 0 unspecified atom stereocenters. The van der Waals surface area contributed by atoms with Crippen LogP contribution >= 0.6 is 15.9 Å². The third-order valence-electron chi connectivity index (χ3n) is 1.46. The monoisotopic (exact) mass is 300 g/mol. The van der Waals surface area contributed by atoms with Gasteiger partial charge in [-0.2, -0.15) is 0 Å². The van der Waals surface area contributed by atoms with Gasteiger partial charge in [-0.3, -0.25) is 0 Å². The van der Waals surface area contributed by atoms with Gasteiger partial charge in [0.1, 0.15) is 0 Å². The molecule has 1 rings (SSSR count). The number of benzene rings is 1. The van der Waals surface area contributed by atoms with Crippen LogP contribution in [-0.2, 0) is 4.74 Å².